The molecule has 202 valence electrons. The lowest BCUT2D eigenvalue weighted by atomic mass is 9.82. The molecule has 1 aromatic carbocycles. The maximum atomic E-state index is 13.6. The Morgan fingerprint density at radius 1 is 1.05 bits per heavy atom. The monoisotopic (exact) mass is 518 g/mol. The summed E-state index contributed by atoms with van der Waals surface area (Å²) in [7, 11) is 0. The van der Waals surface area contributed by atoms with Crippen LogP contribution in [0.5, 0.6) is 5.75 Å². The number of nitrogens with one attached hydrogen (secondary N) is 1. The van der Waals surface area contributed by atoms with Crippen LogP contribution in [-0.4, -0.2) is 72.1 Å². The van der Waals surface area contributed by atoms with Gasteiger partial charge < -0.3 is 19.7 Å². The van der Waals surface area contributed by atoms with Gasteiger partial charge in [-0.15, -0.1) is 0 Å². The predicted molar refractivity (Wildman–Crippen MR) is 144 cm³/mol. The summed E-state index contributed by atoms with van der Waals surface area (Å²) in [6, 6.07) is 14.1. The van der Waals surface area contributed by atoms with Crippen LogP contribution in [0.2, 0.25) is 0 Å². The number of aromatic nitrogens is 1. The van der Waals surface area contributed by atoms with Crippen molar-refractivity contribution in [2.75, 3.05) is 39.5 Å². The molecule has 8 nitrogen and oxygen atoms in total. The maximum Gasteiger partial charge on any atom is 0.236 e. The van der Waals surface area contributed by atoms with Crippen LogP contribution in [0.4, 0.5) is 0 Å². The Morgan fingerprint density at radius 3 is 2.74 bits per heavy atom. The van der Waals surface area contributed by atoms with Gasteiger partial charge in [0.2, 0.25) is 11.8 Å². The highest BCUT2D eigenvalue weighted by Gasteiger charge is 2.33. The molecule has 4 heterocycles. The minimum atomic E-state index is 0.0209. The van der Waals surface area contributed by atoms with Crippen molar-refractivity contribution in [1.29, 1.82) is 0 Å². The first-order valence-electron chi connectivity index (χ1n) is 13.8. The molecule has 2 fully saturated rings. The van der Waals surface area contributed by atoms with Crippen molar-refractivity contribution in [3.8, 4) is 5.75 Å². The van der Waals surface area contributed by atoms with E-state index in [9.17, 15) is 9.59 Å². The summed E-state index contributed by atoms with van der Waals surface area (Å²) in [5.74, 6) is 1.31. The standard InChI is InChI=1S/C30H38N4O4/c35-29(32-19-26-8-3-4-13-31-26)18-23-10-14-33-20-24(23)7-5-15-38-28-9-2-1-6-25(28)21-34(22-30(33)36)27-11-16-37-17-12-27/h1-9,13,23-24,27H,10-12,14-22H2,(H,32,35)/b7-5-/t23-,24-/m0/s1. The molecule has 38 heavy (non-hydrogen) atoms. The van der Waals surface area contributed by atoms with E-state index < -0.39 is 0 Å². The van der Waals surface area contributed by atoms with Crippen LogP contribution in [0.25, 0.3) is 0 Å². The molecule has 2 amide bonds. The molecule has 0 spiro atoms. The number of carbonyl (C=O) groups is 2. The lowest BCUT2D eigenvalue weighted by molar-refractivity contribution is -0.136. The quantitative estimate of drug-likeness (QED) is 0.613. The predicted octanol–water partition coefficient (Wildman–Crippen LogP) is 3.18. The van der Waals surface area contributed by atoms with Gasteiger partial charge in [0, 0.05) is 57.1 Å². The number of nitrogens with zero attached hydrogens (tertiary/aromatic N) is 3. The Kier molecular flexibility index (Phi) is 9.04. The normalized spacial score (nSPS) is 24.2. The van der Waals surface area contributed by atoms with E-state index >= 15 is 0 Å². The highest BCUT2D eigenvalue weighted by molar-refractivity contribution is 5.79. The average Bonchev–Trinajstić information content (AvgIpc) is 2.96. The van der Waals surface area contributed by atoms with E-state index in [1.165, 1.54) is 0 Å². The first-order valence-corrected chi connectivity index (χ1v) is 13.8. The van der Waals surface area contributed by atoms with E-state index in [0.29, 0.717) is 51.8 Å². The van der Waals surface area contributed by atoms with Gasteiger partial charge in [0.25, 0.3) is 0 Å². The number of fused-ring (bicyclic) bond motifs is 3. The van der Waals surface area contributed by atoms with Gasteiger partial charge in [-0.2, -0.15) is 0 Å². The second kappa shape index (κ2) is 13.0. The minimum absolute atomic E-state index is 0.0209. The van der Waals surface area contributed by atoms with E-state index in [2.05, 4.69) is 27.3 Å². The molecule has 5 rings (SSSR count). The van der Waals surface area contributed by atoms with Gasteiger partial charge in [-0.3, -0.25) is 19.5 Å². The number of para-hydroxylation sites is 1. The first-order chi connectivity index (χ1) is 18.7. The summed E-state index contributed by atoms with van der Waals surface area (Å²) in [6.45, 7) is 4.69. The Labute approximate surface area is 225 Å². The molecular formula is C30H38N4O4. The number of pyridine rings is 1. The number of amides is 2. The van der Waals surface area contributed by atoms with Crippen molar-refractivity contribution in [2.24, 2.45) is 11.8 Å². The number of hydrogen-bond acceptors (Lipinski definition) is 6. The second-order valence-corrected chi connectivity index (χ2v) is 10.4. The molecule has 0 aliphatic carbocycles. The molecular weight excluding hydrogens is 480 g/mol. The van der Waals surface area contributed by atoms with Crippen molar-refractivity contribution in [2.45, 2.75) is 44.8 Å². The van der Waals surface area contributed by atoms with Crippen molar-refractivity contribution in [3.63, 3.8) is 0 Å². The Bertz CT molecular complexity index is 1100. The molecule has 2 aromatic rings. The van der Waals surface area contributed by atoms with Gasteiger partial charge in [-0.25, -0.2) is 0 Å². The van der Waals surface area contributed by atoms with Gasteiger partial charge in [0.15, 0.2) is 0 Å². The van der Waals surface area contributed by atoms with Gasteiger partial charge in [-0.05, 0) is 49.3 Å². The lowest BCUT2D eigenvalue weighted by Crippen LogP contribution is -2.50. The smallest absolute Gasteiger partial charge is 0.236 e. The fraction of sp³-hybridized carbons (Fsp3) is 0.500. The third-order valence-corrected chi connectivity index (χ3v) is 7.91. The Morgan fingerprint density at radius 2 is 1.89 bits per heavy atom. The third-order valence-electron chi connectivity index (χ3n) is 7.91. The van der Waals surface area contributed by atoms with Crippen LogP contribution < -0.4 is 10.1 Å². The highest BCUT2D eigenvalue weighted by Crippen LogP contribution is 2.30. The van der Waals surface area contributed by atoms with Gasteiger partial charge in [0.05, 0.1) is 18.8 Å². The SMILES string of the molecule is O=C(C[C@@H]1CCN2C[C@@H]1/C=C\COc1ccccc1CN(C1CCOCC1)CC2=O)NCc1ccccn1. The van der Waals surface area contributed by atoms with Crippen molar-refractivity contribution in [3.05, 3.63) is 72.1 Å². The number of piperidine rings is 1. The van der Waals surface area contributed by atoms with Crippen LogP contribution in [-0.2, 0) is 27.4 Å². The van der Waals surface area contributed by atoms with Crippen LogP contribution in [0.3, 0.4) is 0 Å². The summed E-state index contributed by atoms with van der Waals surface area (Å²) in [5, 5.41) is 3.01. The van der Waals surface area contributed by atoms with Gasteiger partial charge in [0.1, 0.15) is 12.4 Å². The summed E-state index contributed by atoms with van der Waals surface area (Å²) >= 11 is 0. The second-order valence-electron chi connectivity index (χ2n) is 10.4. The van der Waals surface area contributed by atoms with Crippen molar-refractivity contribution in [1.82, 2.24) is 20.1 Å². The molecule has 0 unspecified atom stereocenters. The zero-order valence-electron chi connectivity index (χ0n) is 22.0. The minimum Gasteiger partial charge on any atom is -0.489 e. The molecule has 8 heteroatoms. The molecule has 0 radical (unpaired) electrons. The van der Waals surface area contributed by atoms with E-state index in [4.69, 9.17) is 9.47 Å². The number of carbonyl (C=O) groups excluding carboxylic acids is 2. The zero-order chi connectivity index (χ0) is 26.2. The van der Waals surface area contributed by atoms with Crippen LogP contribution in [0.15, 0.2) is 60.8 Å². The summed E-state index contributed by atoms with van der Waals surface area (Å²) in [5.41, 5.74) is 1.94. The van der Waals surface area contributed by atoms with Crippen molar-refractivity contribution >= 4 is 11.8 Å². The lowest BCUT2D eigenvalue weighted by Gasteiger charge is -2.39. The summed E-state index contributed by atoms with van der Waals surface area (Å²) < 4.78 is 11.8. The Hall–Kier alpha value is -3.23. The molecule has 1 aromatic heterocycles. The summed E-state index contributed by atoms with van der Waals surface area (Å²) in [6.07, 6.45) is 9.01. The fourth-order valence-electron chi connectivity index (χ4n) is 5.73. The van der Waals surface area contributed by atoms with Gasteiger partial charge in [-0.1, -0.05) is 36.4 Å². The van der Waals surface area contributed by atoms with E-state index in [0.717, 1.165) is 49.5 Å². The molecule has 2 atom stereocenters. The van der Waals surface area contributed by atoms with E-state index in [-0.39, 0.29) is 23.7 Å². The van der Waals surface area contributed by atoms with E-state index in [1.54, 1.807) is 6.20 Å². The first kappa shape index (κ1) is 26.4. The molecule has 0 saturated carbocycles. The summed E-state index contributed by atoms with van der Waals surface area (Å²) in [4.78, 5) is 35.0. The molecule has 3 aliphatic heterocycles. The number of benzene rings is 1. The van der Waals surface area contributed by atoms with Crippen LogP contribution >= 0.6 is 0 Å². The average molecular weight is 519 g/mol. The molecule has 2 saturated heterocycles. The number of hydrogen-bond donors (Lipinski definition) is 1. The third kappa shape index (κ3) is 6.99. The highest BCUT2D eigenvalue weighted by atomic mass is 16.5. The molecule has 1 N–H and O–H groups in total. The molecule has 2 bridgehead atoms. The van der Waals surface area contributed by atoms with Crippen molar-refractivity contribution < 1.29 is 19.1 Å². The van der Waals surface area contributed by atoms with Crippen LogP contribution in [0, 0.1) is 11.8 Å². The topological polar surface area (TPSA) is 84.0 Å². The van der Waals surface area contributed by atoms with Gasteiger partial charge >= 0.3 is 0 Å². The number of ether oxygens (including phenoxy) is 2. The zero-order valence-corrected chi connectivity index (χ0v) is 22.0. The maximum absolute atomic E-state index is 13.6. The van der Waals surface area contributed by atoms with Crippen LogP contribution in [0.1, 0.15) is 36.9 Å². The fourth-order valence-corrected chi connectivity index (χ4v) is 5.73. The molecule has 3 aliphatic rings. The number of rotatable bonds is 5. The van der Waals surface area contributed by atoms with E-state index in [1.807, 2.05) is 47.4 Å². The largest absolute Gasteiger partial charge is 0.489 e. The Balaban J connectivity index is 1.29.